The molecule has 0 saturated carbocycles. The standard InChI is InChI=1S/C14H18BrF3N2O2.2ClH/c1-10-9-19-4-5-20(10)6-7-21-11-2-3-12(15)13(8-11)22-14(16,17)18;;/h2-3,8,10,19H,4-7,9H2,1H3;2*1H. The van der Waals surface area contributed by atoms with Crippen LogP contribution in [0.5, 0.6) is 11.5 Å². The zero-order valence-electron chi connectivity index (χ0n) is 12.9. The number of hydrogen-bond acceptors (Lipinski definition) is 4. The van der Waals surface area contributed by atoms with Gasteiger partial charge in [0.15, 0.2) is 0 Å². The summed E-state index contributed by atoms with van der Waals surface area (Å²) in [7, 11) is 0. The lowest BCUT2D eigenvalue weighted by atomic mass is 10.2. The lowest BCUT2D eigenvalue weighted by Gasteiger charge is -2.33. The van der Waals surface area contributed by atoms with Crippen LogP contribution < -0.4 is 14.8 Å². The lowest BCUT2D eigenvalue weighted by molar-refractivity contribution is -0.274. The normalized spacial score (nSPS) is 18.3. The molecule has 1 atom stereocenters. The summed E-state index contributed by atoms with van der Waals surface area (Å²) in [5, 5.41) is 3.30. The molecule has 1 heterocycles. The molecule has 1 saturated heterocycles. The van der Waals surface area contributed by atoms with Gasteiger partial charge in [-0.05, 0) is 35.0 Å². The Balaban J connectivity index is 0.00000264. The molecule has 1 aromatic rings. The van der Waals surface area contributed by atoms with Gasteiger partial charge in [-0.15, -0.1) is 38.0 Å². The van der Waals surface area contributed by atoms with E-state index in [1.54, 1.807) is 6.07 Å². The highest BCUT2D eigenvalue weighted by molar-refractivity contribution is 9.10. The first-order chi connectivity index (χ1) is 10.3. The van der Waals surface area contributed by atoms with Crippen molar-refractivity contribution in [3.05, 3.63) is 22.7 Å². The monoisotopic (exact) mass is 454 g/mol. The Labute approximate surface area is 160 Å². The SMILES string of the molecule is CC1CNCCN1CCOc1ccc(Br)c(OC(F)(F)F)c1.Cl.Cl. The van der Waals surface area contributed by atoms with Gasteiger partial charge in [-0.25, -0.2) is 0 Å². The number of ether oxygens (including phenoxy) is 2. The number of hydrogen-bond donors (Lipinski definition) is 1. The van der Waals surface area contributed by atoms with Gasteiger partial charge in [0, 0.05) is 38.3 Å². The molecule has 0 aliphatic carbocycles. The lowest BCUT2D eigenvalue weighted by Crippen LogP contribution is -2.50. The summed E-state index contributed by atoms with van der Waals surface area (Å²) in [4.78, 5) is 2.28. The molecule has 1 aliphatic heterocycles. The van der Waals surface area contributed by atoms with Crippen molar-refractivity contribution in [2.75, 3.05) is 32.8 Å². The molecule has 10 heteroatoms. The first kappa shape index (κ1) is 23.6. The van der Waals surface area contributed by atoms with Crippen LogP contribution >= 0.6 is 40.7 Å². The third-order valence-corrected chi connectivity index (χ3v) is 4.07. The number of nitrogens with one attached hydrogen (secondary N) is 1. The summed E-state index contributed by atoms with van der Waals surface area (Å²) in [5.74, 6) is 0.0470. The molecule has 24 heavy (non-hydrogen) atoms. The second-order valence-corrected chi connectivity index (χ2v) is 5.93. The first-order valence-electron chi connectivity index (χ1n) is 6.98. The highest BCUT2D eigenvalue weighted by atomic mass is 79.9. The number of rotatable bonds is 5. The van der Waals surface area contributed by atoms with Gasteiger partial charge >= 0.3 is 6.36 Å². The smallest absolute Gasteiger partial charge is 0.492 e. The molecule has 1 fully saturated rings. The number of piperazine rings is 1. The van der Waals surface area contributed by atoms with Crippen LogP contribution in [0.1, 0.15) is 6.92 Å². The Morgan fingerprint density at radius 1 is 1.33 bits per heavy atom. The van der Waals surface area contributed by atoms with E-state index < -0.39 is 6.36 Å². The van der Waals surface area contributed by atoms with Crippen molar-refractivity contribution in [2.24, 2.45) is 0 Å². The Bertz CT molecular complexity index is 509. The van der Waals surface area contributed by atoms with E-state index in [9.17, 15) is 13.2 Å². The zero-order valence-corrected chi connectivity index (χ0v) is 16.2. The van der Waals surface area contributed by atoms with Crippen molar-refractivity contribution in [1.82, 2.24) is 10.2 Å². The Hall–Kier alpha value is -0.410. The number of alkyl halides is 3. The van der Waals surface area contributed by atoms with Crippen LogP contribution in [0.2, 0.25) is 0 Å². The van der Waals surface area contributed by atoms with Crippen LogP contribution in [0, 0.1) is 0 Å². The average molecular weight is 456 g/mol. The van der Waals surface area contributed by atoms with E-state index in [1.165, 1.54) is 12.1 Å². The minimum atomic E-state index is -4.72. The summed E-state index contributed by atoms with van der Waals surface area (Å²) in [5.41, 5.74) is 0. The van der Waals surface area contributed by atoms with Gasteiger partial charge in [-0.2, -0.15) is 0 Å². The fourth-order valence-electron chi connectivity index (χ4n) is 2.27. The molecule has 1 aromatic carbocycles. The Morgan fingerprint density at radius 3 is 2.67 bits per heavy atom. The Morgan fingerprint density at radius 2 is 2.04 bits per heavy atom. The molecule has 2 rings (SSSR count). The van der Waals surface area contributed by atoms with Crippen LogP contribution in [0.15, 0.2) is 22.7 Å². The molecular weight excluding hydrogens is 436 g/mol. The van der Waals surface area contributed by atoms with E-state index in [2.05, 4.69) is 37.8 Å². The minimum Gasteiger partial charge on any atom is -0.492 e. The van der Waals surface area contributed by atoms with Gasteiger partial charge in [-0.1, -0.05) is 0 Å². The third-order valence-electron chi connectivity index (χ3n) is 3.41. The van der Waals surface area contributed by atoms with Crippen molar-refractivity contribution in [3.8, 4) is 11.5 Å². The van der Waals surface area contributed by atoms with Crippen LogP contribution in [-0.4, -0.2) is 50.1 Å². The second-order valence-electron chi connectivity index (χ2n) is 5.08. The maximum atomic E-state index is 12.3. The zero-order chi connectivity index (χ0) is 16.2. The molecule has 0 amide bonds. The maximum Gasteiger partial charge on any atom is 0.573 e. The van der Waals surface area contributed by atoms with Crippen molar-refractivity contribution in [1.29, 1.82) is 0 Å². The number of benzene rings is 1. The molecule has 1 unspecified atom stereocenters. The van der Waals surface area contributed by atoms with E-state index in [-0.39, 0.29) is 35.0 Å². The van der Waals surface area contributed by atoms with Crippen LogP contribution in [0.3, 0.4) is 0 Å². The highest BCUT2D eigenvalue weighted by Gasteiger charge is 2.32. The molecule has 1 aliphatic rings. The summed E-state index contributed by atoms with van der Waals surface area (Å²) in [6.07, 6.45) is -4.72. The fourth-order valence-corrected chi connectivity index (χ4v) is 2.60. The van der Waals surface area contributed by atoms with E-state index >= 15 is 0 Å². The summed E-state index contributed by atoms with van der Waals surface area (Å²) in [6, 6.07) is 4.74. The average Bonchev–Trinajstić information content (AvgIpc) is 2.43. The van der Waals surface area contributed by atoms with Crippen molar-refractivity contribution in [2.45, 2.75) is 19.3 Å². The third kappa shape index (κ3) is 7.65. The molecule has 1 N–H and O–H groups in total. The Kier molecular flexibility index (Phi) is 10.4. The van der Waals surface area contributed by atoms with Gasteiger partial charge in [0.25, 0.3) is 0 Å². The van der Waals surface area contributed by atoms with Gasteiger partial charge in [0.05, 0.1) is 4.47 Å². The van der Waals surface area contributed by atoms with E-state index in [1.807, 2.05) is 0 Å². The fraction of sp³-hybridized carbons (Fsp3) is 0.571. The van der Waals surface area contributed by atoms with Gasteiger partial charge in [0.2, 0.25) is 0 Å². The highest BCUT2D eigenvalue weighted by Crippen LogP contribution is 2.33. The van der Waals surface area contributed by atoms with Crippen molar-refractivity contribution >= 4 is 40.7 Å². The molecular formula is C14H20BrCl2F3N2O2. The molecule has 0 bridgehead atoms. The van der Waals surface area contributed by atoms with Gasteiger partial charge in [-0.3, -0.25) is 4.90 Å². The second kappa shape index (κ2) is 10.6. The summed E-state index contributed by atoms with van der Waals surface area (Å²) in [6.45, 7) is 6.08. The molecule has 0 aromatic heterocycles. The molecule has 140 valence electrons. The van der Waals surface area contributed by atoms with Crippen LogP contribution in [0.25, 0.3) is 0 Å². The number of nitrogens with zero attached hydrogens (tertiary/aromatic N) is 1. The van der Waals surface area contributed by atoms with Crippen LogP contribution in [-0.2, 0) is 0 Å². The van der Waals surface area contributed by atoms with E-state index in [0.29, 0.717) is 18.4 Å². The quantitative estimate of drug-likeness (QED) is 0.730. The van der Waals surface area contributed by atoms with Crippen LogP contribution in [0.4, 0.5) is 13.2 Å². The first-order valence-corrected chi connectivity index (χ1v) is 7.77. The van der Waals surface area contributed by atoms with E-state index in [0.717, 1.165) is 26.2 Å². The maximum absolute atomic E-state index is 12.3. The van der Waals surface area contributed by atoms with Crippen molar-refractivity contribution in [3.63, 3.8) is 0 Å². The predicted molar refractivity (Wildman–Crippen MR) is 94.7 cm³/mol. The number of halogens is 6. The summed E-state index contributed by atoms with van der Waals surface area (Å²) >= 11 is 3.03. The molecule has 0 spiro atoms. The largest absolute Gasteiger partial charge is 0.573 e. The van der Waals surface area contributed by atoms with Gasteiger partial charge in [0.1, 0.15) is 18.1 Å². The van der Waals surface area contributed by atoms with Crippen molar-refractivity contribution < 1.29 is 22.6 Å². The molecule has 4 nitrogen and oxygen atoms in total. The predicted octanol–water partition coefficient (Wildman–Crippen LogP) is 3.86. The van der Waals surface area contributed by atoms with E-state index in [4.69, 9.17) is 4.74 Å². The van der Waals surface area contributed by atoms with Gasteiger partial charge < -0.3 is 14.8 Å². The minimum absolute atomic E-state index is 0. The topological polar surface area (TPSA) is 33.7 Å². The summed E-state index contributed by atoms with van der Waals surface area (Å²) < 4.78 is 46.6. The molecule has 0 radical (unpaired) electrons.